The van der Waals surface area contributed by atoms with Crippen molar-refractivity contribution in [2.24, 2.45) is 0 Å². The van der Waals surface area contributed by atoms with Crippen molar-refractivity contribution in [1.82, 2.24) is 14.1 Å². The molecule has 3 aromatic heterocycles. The summed E-state index contributed by atoms with van der Waals surface area (Å²) in [5.74, 6) is 0.863. The summed E-state index contributed by atoms with van der Waals surface area (Å²) in [5, 5.41) is 4.61. The van der Waals surface area contributed by atoms with E-state index in [2.05, 4.69) is 223 Å². The normalized spacial score (nSPS) is 13.1. The fourth-order valence-electron chi connectivity index (χ4n) is 10.6. The lowest BCUT2D eigenvalue weighted by Crippen LogP contribution is -2.16. The molecule has 4 heteroatoms. The Labute approximate surface area is 358 Å². The molecule has 0 unspecified atom stereocenters. The van der Waals surface area contributed by atoms with E-state index >= 15 is 0 Å². The van der Waals surface area contributed by atoms with Gasteiger partial charge >= 0.3 is 0 Å². The Morgan fingerprint density at radius 2 is 1.06 bits per heavy atom. The number of para-hydroxylation sites is 5. The maximum atomic E-state index is 7.46. The summed E-state index contributed by atoms with van der Waals surface area (Å²) in [6.07, 6.45) is 0. The van der Waals surface area contributed by atoms with Gasteiger partial charge < -0.3 is 8.98 Å². The summed E-state index contributed by atoms with van der Waals surface area (Å²) < 4.78 is 12.2. The molecule has 0 aliphatic heterocycles. The van der Waals surface area contributed by atoms with Crippen LogP contribution >= 0.6 is 0 Å². The van der Waals surface area contributed by atoms with Crippen LogP contribution in [0.1, 0.15) is 25.0 Å². The van der Waals surface area contributed by atoms with Crippen molar-refractivity contribution in [2.45, 2.75) is 19.3 Å². The van der Waals surface area contributed by atoms with Gasteiger partial charge in [0.25, 0.3) is 0 Å². The third-order valence-electron chi connectivity index (χ3n) is 13.3. The molecule has 9 aromatic carbocycles. The van der Waals surface area contributed by atoms with Crippen LogP contribution in [0.5, 0.6) is 0 Å². The Morgan fingerprint density at radius 1 is 0.435 bits per heavy atom. The second-order valence-electron chi connectivity index (χ2n) is 17.1. The monoisotopic (exact) mass is 793 g/mol. The molecule has 0 saturated carbocycles. The topological polar surface area (TPSA) is 35.9 Å². The number of imidazole rings is 1. The number of nitrogens with zero attached hydrogens (tertiary/aromatic N) is 3. The molecule has 0 amide bonds. The smallest absolute Gasteiger partial charge is 0.159 e. The van der Waals surface area contributed by atoms with E-state index in [-0.39, 0.29) is 5.41 Å². The van der Waals surface area contributed by atoms with E-state index in [0.717, 1.165) is 77.9 Å². The summed E-state index contributed by atoms with van der Waals surface area (Å²) >= 11 is 0. The van der Waals surface area contributed by atoms with E-state index in [1.807, 2.05) is 0 Å². The fourth-order valence-corrected chi connectivity index (χ4v) is 10.6. The predicted molar refractivity (Wildman–Crippen MR) is 257 cm³/mol. The molecule has 12 aromatic rings. The van der Waals surface area contributed by atoms with Gasteiger partial charge in [0.1, 0.15) is 11.4 Å². The highest BCUT2D eigenvalue weighted by molar-refractivity contribution is 6.17. The summed E-state index contributed by atoms with van der Waals surface area (Å²) in [6, 6.07) is 71.9. The number of hydrogen-bond acceptors (Lipinski definition) is 2. The first-order valence-electron chi connectivity index (χ1n) is 21.4. The van der Waals surface area contributed by atoms with Crippen LogP contribution in [0.25, 0.3) is 111 Å². The van der Waals surface area contributed by atoms with E-state index < -0.39 is 0 Å². The van der Waals surface area contributed by atoms with Gasteiger partial charge in [-0.15, -0.1) is 0 Å². The average molecular weight is 794 g/mol. The van der Waals surface area contributed by atoms with Crippen molar-refractivity contribution in [3.05, 3.63) is 211 Å². The standard InChI is InChI=1S/C58H39N3O/c1-58(2)47-23-11-9-20-40(47)42-32-33-43-41-21-10-13-25-49(41)61(54(43)53(42)58)51-27-15-22-44-45-34-35-46(57-59-48-24-12-14-26-50(48)60(57)39-18-7-4-8-19-39)52(56(45)62-55(44)51)38-30-28-37(29-31-38)36-16-5-3-6-17-36/h3-35H,1-2H3. The van der Waals surface area contributed by atoms with Crippen LogP contribution in [0.2, 0.25) is 0 Å². The minimum Gasteiger partial charge on any atom is -0.453 e. The number of fused-ring (bicyclic) bond motifs is 11. The number of hydrogen-bond donors (Lipinski definition) is 0. The molecule has 292 valence electrons. The zero-order valence-electron chi connectivity index (χ0n) is 34.3. The van der Waals surface area contributed by atoms with Gasteiger partial charge in [0, 0.05) is 43.8 Å². The molecule has 62 heavy (non-hydrogen) atoms. The van der Waals surface area contributed by atoms with Crippen molar-refractivity contribution in [3.8, 4) is 56.1 Å². The summed E-state index contributed by atoms with van der Waals surface area (Å²) in [7, 11) is 0. The molecular weight excluding hydrogens is 755 g/mol. The molecule has 1 aliphatic rings. The SMILES string of the molecule is CC1(C)c2ccccc2-c2ccc3c4ccccc4n(-c4cccc5c4oc4c(-c6ccc(-c7ccccc7)cc6)c(-c6nc7ccccc7n6-c6ccccc6)ccc45)c3c21. The maximum Gasteiger partial charge on any atom is 0.159 e. The molecule has 0 atom stereocenters. The van der Waals surface area contributed by atoms with E-state index in [0.29, 0.717) is 0 Å². The van der Waals surface area contributed by atoms with E-state index in [1.165, 1.54) is 44.1 Å². The van der Waals surface area contributed by atoms with Crippen molar-refractivity contribution >= 4 is 54.8 Å². The number of aromatic nitrogens is 3. The lowest BCUT2D eigenvalue weighted by atomic mass is 9.81. The third kappa shape index (κ3) is 4.86. The lowest BCUT2D eigenvalue weighted by Gasteiger charge is -2.23. The highest BCUT2D eigenvalue weighted by Crippen LogP contribution is 2.53. The summed E-state index contributed by atoms with van der Waals surface area (Å²) in [4.78, 5) is 5.38. The van der Waals surface area contributed by atoms with Gasteiger partial charge in [0.05, 0.1) is 27.8 Å². The average Bonchev–Trinajstić information content (AvgIpc) is 4.06. The molecule has 0 saturated heterocycles. The van der Waals surface area contributed by atoms with Crippen LogP contribution in [0.3, 0.4) is 0 Å². The molecule has 0 fully saturated rings. The Bertz CT molecular complexity index is 3750. The second kappa shape index (κ2) is 13.0. The molecule has 4 nitrogen and oxygen atoms in total. The van der Waals surface area contributed by atoms with Gasteiger partial charge in [-0.25, -0.2) is 4.98 Å². The first kappa shape index (κ1) is 34.9. The summed E-state index contributed by atoms with van der Waals surface area (Å²) in [5.41, 5.74) is 18.7. The first-order chi connectivity index (χ1) is 30.5. The molecule has 13 rings (SSSR count). The summed E-state index contributed by atoms with van der Waals surface area (Å²) in [6.45, 7) is 4.75. The molecule has 0 spiro atoms. The fraction of sp³-hybridized carbons (Fsp3) is 0.0517. The zero-order chi connectivity index (χ0) is 41.1. The van der Waals surface area contributed by atoms with Gasteiger partial charge in [0.2, 0.25) is 0 Å². The second-order valence-corrected chi connectivity index (χ2v) is 17.1. The third-order valence-corrected chi connectivity index (χ3v) is 13.3. The molecule has 1 aliphatic carbocycles. The highest BCUT2D eigenvalue weighted by Gasteiger charge is 2.38. The molecular formula is C58H39N3O. The van der Waals surface area contributed by atoms with Gasteiger partial charge in [-0.1, -0.05) is 166 Å². The van der Waals surface area contributed by atoms with Crippen LogP contribution in [-0.4, -0.2) is 14.1 Å². The van der Waals surface area contributed by atoms with Crippen molar-refractivity contribution in [1.29, 1.82) is 0 Å². The van der Waals surface area contributed by atoms with Crippen molar-refractivity contribution in [3.63, 3.8) is 0 Å². The van der Waals surface area contributed by atoms with Crippen LogP contribution in [0.4, 0.5) is 0 Å². The van der Waals surface area contributed by atoms with Gasteiger partial charge in [-0.05, 0) is 87.5 Å². The molecule has 0 radical (unpaired) electrons. The van der Waals surface area contributed by atoms with Crippen LogP contribution < -0.4 is 0 Å². The number of furan rings is 1. The number of rotatable bonds is 5. The van der Waals surface area contributed by atoms with Gasteiger partial charge in [-0.2, -0.15) is 0 Å². The van der Waals surface area contributed by atoms with Crippen molar-refractivity contribution < 1.29 is 4.42 Å². The first-order valence-corrected chi connectivity index (χ1v) is 21.4. The van der Waals surface area contributed by atoms with Crippen LogP contribution in [0.15, 0.2) is 205 Å². The highest BCUT2D eigenvalue weighted by atomic mass is 16.3. The molecule has 3 heterocycles. The van der Waals surface area contributed by atoms with E-state index in [9.17, 15) is 0 Å². The predicted octanol–water partition coefficient (Wildman–Crippen LogP) is 15.3. The van der Waals surface area contributed by atoms with Crippen LogP contribution in [-0.2, 0) is 5.41 Å². The Morgan fingerprint density at radius 3 is 1.90 bits per heavy atom. The van der Waals surface area contributed by atoms with Gasteiger partial charge in [0.15, 0.2) is 5.58 Å². The number of benzene rings is 9. The molecule has 0 bridgehead atoms. The van der Waals surface area contributed by atoms with Gasteiger partial charge in [-0.3, -0.25) is 4.57 Å². The Hall–Kier alpha value is -7.95. The van der Waals surface area contributed by atoms with E-state index in [4.69, 9.17) is 9.40 Å². The molecule has 0 N–H and O–H groups in total. The quantitative estimate of drug-likeness (QED) is 0.174. The van der Waals surface area contributed by atoms with E-state index in [1.54, 1.807) is 0 Å². The maximum absolute atomic E-state index is 7.46. The van der Waals surface area contributed by atoms with Crippen molar-refractivity contribution in [2.75, 3.05) is 0 Å². The minimum atomic E-state index is -0.211. The lowest BCUT2D eigenvalue weighted by molar-refractivity contribution is 0.660. The van der Waals surface area contributed by atoms with Crippen LogP contribution in [0, 0.1) is 0 Å². The minimum absolute atomic E-state index is 0.211. The Balaban J connectivity index is 1.12. The Kier molecular flexibility index (Phi) is 7.32. The largest absolute Gasteiger partial charge is 0.453 e. The zero-order valence-corrected chi connectivity index (χ0v) is 34.3.